The zero-order valence-corrected chi connectivity index (χ0v) is 15.8. The minimum Gasteiger partial charge on any atom is -0.336 e. The van der Waals surface area contributed by atoms with Crippen molar-refractivity contribution in [3.05, 3.63) is 24.5 Å². The standard InChI is InChI=1S/C17H22N6O2S/c1-10(2)19-16(25)20-15(24)11(3)26-17-22-21-14(23(17)13-6-7-13)12-5-4-8-18-9-12/h4-5,8-11,13H,6-7H2,1-3H3,(H2,19,20,24,25)/t11-/m1/s1. The number of thioether (sulfide) groups is 1. The molecular formula is C17H22N6O2S. The summed E-state index contributed by atoms with van der Waals surface area (Å²) in [5, 5.41) is 13.8. The topological polar surface area (TPSA) is 102 Å². The van der Waals surface area contributed by atoms with Gasteiger partial charge in [0.05, 0.1) is 5.25 Å². The molecule has 0 spiro atoms. The molecular weight excluding hydrogens is 352 g/mol. The van der Waals surface area contributed by atoms with Crippen molar-refractivity contribution in [3.63, 3.8) is 0 Å². The molecule has 2 N–H and O–H groups in total. The summed E-state index contributed by atoms with van der Waals surface area (Å²) in [6.45, 7) is 5.42. The maximum atomic E-state index is 12.3. The lowest BCUT2D eigenvalue weighted by molar-refractivity contribution is -0.119. The first-order chi connectivity index (χ1) is 12.5. The van der Waals surface area contributed by atoms with Gasteiger partial charge in [0, 0.05) is 30.0 Å². The van der Waals surface area contributed by atoms with Gasteiger partial charge in [-0.25, -0.2) is 4.79 Å². The van der Waals surface area contributed by atoms with Gasteiger partial charge in [-0.05, 0) is 45.7 Å². The van der Waals surface area contributed by atoms with E-state index in [1.807, 2.05) is 26.0 Å². The highest BCUT2D eigenvalue weighted by molar-refractivity contribution is 8.00. The summed E-state index contributed by atoms with van der Waals surface area (Å²) in [5.41, 5.74) is 0.896. The maximum Gasteiger partial charge on any atom is 0.321 e. The average Bonchev–Trinajstić information content (AvgIpc) is 3.35. The fourth-order valence-electron chi connectivity index (χ4n) is 2.43. The monoisotopic (exact) mass is 374 g/mol. The van der Waals surface area contributed by atoms with E-state index in [2.05, 4.69) is 30.4 Å². The van der Waals surface area contributed by atoms with Crippen LogP contribution >= 0.6 is 11.8 Å². The number of hydrogen-bond acceptors (Lipinski definition) is 6. The van der Waals surface area contributed by atoms with Crippen molar-refractivity contribution in [3.8, 4) is 11.4 Å². The Morgan fingerprint density at radius 2 is 2.04 bits per heavy atom. The Balaban J connectivity index is 1.73. The predicted octanol–water partition coefficient (Wildman–Crippen LogP) is 2.39. The van der Waals surface area contributed by atoms with Crippen molar-refractivity contribution < 1.29 is 9.59 Å². The lowest BCUT2D eigenvalue weighted by Gasteiger charge is -2.14. The number of amides is 3. The molecule has 2 aromatic rings. The van der Waals surface area contributed by atoms with Crippen LogP contribution < -0.4 is 10.6 Å². The van der Waals surface area contributed by atoms with Crippen LogP contribution in [0.5, 0.6) is 0 Å². The fourth-order valence-corrected chi connectivity index (χ4v) is 3.35. The molecule has 9 heteroatoms. The Kier molecular flexibility index (Phi) is 5.55. The van der Waals surface area contributed by atoms with Crippen molar-refractivity contribution in [2.75, 3.05) is 0 Å². The van der Waals surface area contributed by atoms with Gasteiger partial charge in [0.15, 0.2) is 11.0 Å². The van der Waals surface area contributed by atoms with E-state index >= 15 is 0 Å². The van der Waals surface area contributed by atoms with Crippen molar-refractivity contribution in [1.29, 1.82) is 0 Å². The number of aromatic nitrogens is 4. The lowest BCUT2D eigenvalue weighted by Crippen LogP contribution is -2.45. The zero-order valence-electron chi connectivity index (χ0n) is 15.0. The smallest absolute Gasteiger partial charge is 0.321 e. The van der Waals surface area contributed by atoms with E-state index in [4.69, 9.17) is 0 Å². The van der Waals surface area contributed by atoms with Crippen LogP contribution in [0.1, 0.15) is 39.7 Å². The highest BCUT2D eigenvalue weighted by Gasteiger charge is 2.31. The van der Waals surface area contributed by atoms with Crippen LogP contribution in [0.3, 0.4) is 0 Å². The van der Waals surface area contributed by atoms with E-state index in [0.717, 1.165) is 24.2 Å². The first-order valence-electron chi connectivity index (χ1n) is 8.59. The molecule has 2 aromatic heterocycles. The highest BCUT2D eigenvalue weighted by Crippen LogP contribution is 2.41. The van der Waals surface area contributed by atoms with Crippen LogP contribution in [-0.2, 0) is 4.79 Å². The molecule has 3 amide bonds. The Morgan fingerprint density at radius 3 is 2.65 bits per heavy atom. The van der Waals surface area contributed by atoms with Gasteiger partial charge in [-0.1, -0.05) is 11.8 Å². The molecule has 1 fully saturated rings. The zero-order chi connectivity index (χ0) is 18.7. The van der Waals surface area contributed by atoms with E-state index in [1.165, 1.54) is 11.8 Å². The van der Waals surface area contributed by atoms with Crippen LogP contribution in [0.4, 0.5) is 4.79 Å². The van der Waals surface area contributed by atoms with Gasteiger partial charge in [0.1, 0.15) is 0 Å². The summed E-state index contributed by atoms with van der Waals surface area (Å²) in [7, 11) is 0. The van der Waals surface area contributed by atoms with Crippen LogP contribution in [0.25, 0.3) is 11.4 Å². The SMILES string of the molecule is CC(C)NC(=O)NC(=O)[C@@H](C)Sc1nnc(-c2cccnc2)n1C1CC1. The fraction of sp³-hybridized carbons (Fsp3) is 0.471. The second-order valence-corrected chi connectivity index (χ2v) is 7.83. The second kappa shape index (κ2) is 7.86. The number of rotatable bonds is 6. The normalized spacial score (nSPS) is 14.9. The van der Waals surface area contributed by atoms with Crippen LogP contribution in [0.2, 0.25) is 0 Å². The van der Waals surface area contributed by atoms with E-state index < -0.39 is 11.3 Å². The van der Waals surface area contributed by atoms with Gasteiger partial charge in [-0.15, -0.1) is 10.2 Å². The van der Waals surface area contributed by atoms with Gasteiger partial charge in [0.2, 0.25) is 5.91 Å². The number of urea groups is 1. The Morgan fingerprint density at radius 1 is 1.27 bits per heavy atom. The number of nitrogens with one attached hydrogen (secondary N) is 2. The maximum absolute atomic E-state index is 12.3. The van der Waals surface area contributed by atoms with E-state index in [-0.39, 0.29) is 11.9 Å². The third-order valence-corrected chi connectivity index (χ3v) is 4.86. The largest absolute Gasteiger partial charge is 0.336 e. The van der Waals surface area contributed by atoms with E-state index in [0.29, 0.717) is 11.2 Å². The molecule has 0 radical (unpaired) electrons. The van der Waals surface area contributed by atoms with Gasteiger partial charge >= 0.3 is 6.03 Å². The van der Waals surface area contributed by atoms with Crippen molar-refractivity contribution in [2.45, 2.75) is 56.1 Å². The molecule has 1 aliphatic rings. The average molecular weight is 374 g/mol. The number of nitrogens with zero attached hydrogens (tertiary/aromatic N) is 4. The summed E-state index contributed by atoms with van der Waals surface area (Å²) in [6, 6.07) is 3.62. The predicted molar refractivity (Wildman–Crippen MR) is 98.7 cm³/mol. The molecule has 3 rings (SSSR count). The Labute approximate surface area is 156 Å². The molecule has 1 atom stereocenters. The quantitative estimate of drug-likeness (QED) is 0.753. The second-order valence-electron chi connectivity index (χ2n) is 6.53. The summed E-state index contributed by atoms with van der Waals surface area (Å²) < 4.78 is 2.07. The molecule has 2 heterocycles. The molecule has 1 saturated carbocycles. The number of pyridine rings is 1. The first-order valence-corrected chi connectivity index (χ1v) is 9.47. The minimum atomic E-state index is -0.489. The van der Waals surface area contributed by atoms with E-state index in [1.54, 1.807) is 19.3 Å². The number of hydrogen-bond donors (Lipinski definition) is 2. The van der Waals surface area contributed by atoms with Gasteiger partial charge in [-0.3, -0.25) is 19.7 Å². The summed E-state index contributed by atoms with van der Waals surface area (Å²) in [4.78, 5) is 28.1. The first kappa shape index (κ1) is 18.4. The number of imide groups is 1. The molecule has 0 aromatic carbocycles. The van der Waals surface area contributed by atoms with E-state index in [9.17, 15) is 9.59 Å². The van der Waals surface area contributed by atoms with Gasteiger partial charge in [0.25, 0.3) is 0 Å². The van der Waals surface area contributed by atoms with Crippen LogP contribution in [0.15, 0.2) is 29.7 Å². The summed E-state index contributed by atoms with van der Waals surface area (Å²) in [6.07, 6.45) is 5.60. The van der Waals surface area contributed by atoms with Crippen molar-refractivity contribution in [1.82, 2.24) is 30.4 Å². The summed E-state index contributed by atoms with van der Waals surface area (Å²) >= 11 is 1.30. The molecule has 0 aliphatic heterocycles. The molecule has 138 valence electrons. The molecule has 0 unspecified atom stereocenters. The Bertz CT molecular complexity index is 788. The third-order valence-electron chi connectivity index (χ3n) is 3.80. The Hall–Kier alpha value is -2.42. The van der Waals surface area contributed by atoms with Gasteiger partial charge < -0.3 is 5.32 Å². The van der Waals surface area contributed by atoms with Crippen LogP contribution in [-0.4, -0.2) is 43.0 Å². The molecule has 26 heavy (non-hydrogen) atoms. The van der Waals surface area contributed by atoms with Crippen LogP contribution in [0, 0.1) is 0 Å². The minimum absolute atomic E-state index is 0.0363. The highest BCUT2D eigenvalue weighted by atomic mass is 32.2. The van der Waals surface area contributed by atoms with Gasteiger partial charge in [-0.2, -0.15) is 0 Å². The summed E-state index contributed by atoms with van der Waals surface area (Å²) in [5.74, 6) is 0.398. The number of carbonyl (C=O) groups is 2. The van der Waals surface area contributed by atoms with Crippen molar-refractivity contribution >= 4 is 23.7 Å². The molecule has 8 nitrogen and oxygen atoms in total. The molecule has 1 aliphatic carbocycles. The molecule has 0 saturated heterocycles. The molecule has 0 bridgehead atoms. The third kappa shape index (κ3) is 4.40. The van der Waals surface area contributed by atoms with Crippen molar-refractivity contribution in [2.24, 2.45) is 0 Å². The number of carbonyl (C=O) groups excluding carboxylic acids is 2. The lowest BCUT2D eigenvalue weighted by atomic mass is 10.3.